The van der Waals surface area contributed by atoms with Gasteiger partial charge in [-0.1, -0.05) is 30.3 Å². The van der Waals surface area contributed by atoms with E-state index >= 15 is 8.78 Å². The number of carbonyl (C=O) groups is 1. The number of nitrogens with one attached hydrogen (secondary N) is 1. The van der Waals surface area contributed by atoms with Crippen LogP contribution in [-0.2, 0) is 6.42 Å². The van der Waals surface area contributed by atoms with E-state index in [4.69, 9.17) is 0 Å². The molecular formula is C28H25F3N2O2. The van der Waals surface area contributed by atoms with Crippen molar-refractivity contribution < 1.29 is 23.1 Å². The van der Waals surface area contributed by atoms with E-state index in [-0.39, 0.29) is 23.2 Å². The van der Waals surface area contributed by atoms with Crippen molar-refractivity contribution >= 4 is 16.9 Å². The zero-order valence-electron chi connectivity index (χ0n) is 19.4. The molecule has 0 spiro atoms. The van der Waals surface area contributed by atoms with Crippen molar-refractivity contribution in [1.82, 2.24) is 9.88 Å². The summed E-state index contributed by atoms with van der Waals surface area (Å²) in [7, 11) is 0. The topological polar surface area (TPSA) is 56.3 Å². The van der Waals surface area contributed by atoms with Gasteiger partial charge in [0.05, 0.1) is 11.6 Å². The molecule has 1 unspecified atom stereocenters. The maximum absolute atomic E-state index is 15.7. The summed E-state index contributed by atoms with van der Waals surface area (Å²) < 4.78 is 46.2. The SMILES string of the molecule is CC(C)(F)CN1CCc2c([nH]c3ccccc23)C1c1c(F)cc(-c2cccc(C(=O)O)c2)cc1F. The molecule has 3 aromatic carbocycles. The molecule has 0 radical (unpaired) electrons. The van der Waals surface area contributed by atoms with E-state index in [1.54, 1.807) is 11.0 Å². The van der Waals surface area contributed by atoms with Crippen molar-refractivity contribution in [2.75, 3.05) is 13.1 Å². The monoisotopic (exact) mass is 478 g/mol. The molecule has 0 bridgehead atoms. The predicted molar refractivity (Wildman–Crippen MR) is 129 cm³/mol. The van der Waals surface area contributed by atoms with Crippen LogP contribution in [0.3, 0.4) is 0 Å². The molecule has 0 saturated heterocycles. The highest BCUT2D eigenvalue weighted by Gasteiger charge is 2.37. The van der Waals surface area contributed by atoms with Crippen LogP contribution in [0, 0.1) is 11.6 Å². The van der Waals surface area contributed by atoms with E-state index in [1.165, 1.54) is 44.2 Å². The van der Waals surface area contributed by atoms with E-state index < -0.39 is 29.3 Å². The number of carboxylic acids is 1. The first kappa shape index (κ1) is 23.2. The van der Waals surface area contributed by atoms with Crippen LogP contribution in [0.15, 0.2) is 60.7 Å². The summed E-state index contributed by atoms with van der Waals surface area (Å²) in [6.45, 7) is 3.37. The number of halogens is 3. The van der Waals surface area contributed by atoms with Gasteiger partial charge in [0.15, 0.2) is 0 Å². The van der Waals surface area contributed by atoms with Crippen LogP contribution in [0.5, 0.6) is 0 Å². The van der Waals surface area contributed by atoms with E-state index in [0.29, 0.717) is 24.2 Å². The maximum atomic E-state index is 15.7. The molecule has 1 aromatic heterocycles. The van der Waals surface area contributed by atoms with Crippen molar-refractivity contribution in [2.24, 2.45) is 0 Å². The van der Waals surface area contributed by atoms with Crippen LogP contribution >= 0.6 is 0 Å². The number of benzene rings is 3. The number of aromatic carboxylic acids is 1. The number of carboxylic acid groups (broad SMARTS) is 1. The molecule has 1 atom stereocenters. The Morgan fingerprint density at radius 3 is 2.46 bits per heavy atom. The molecule has 4 nitrogen and oxygen atoms in total. The molecule has 7 heteroatoms. The highest BCUT2D eigenvalue weighted by atomic mass is 19.1. The first-order valence-electron chi connectivity index (χ1n) is 11.5. The first-order valence-corrected chi connectivity index (χ1v) is 11.5. The van der Waals surface area contributed by atoms with Crippen molar-refractivity contribution in [1.29, 1.82) is 0 Å². The standard InChI is InChI=1S/C28H25F3N2O2/c1-28(2,31)15-33-11-10-20-19-8-3-4-9-23(19)32-25(20)26(33)24-21(29)13-18(14-22(24)30)16-6-5-7-17(12-16)27(34)35/h3-9,12-14,26,32H,10-11,15H2,1-2H3,(H,34,35). The number of aromatic amines is 1. The summed E-state index contributed by atoms with van der Waals surface area (Å²) in [4.78, 5) is 16.5. The third kappa shape index (κ3) is 4.32. The zero-order chi connectivity index (χ0) is 24.9. The van der Waals surface area contributed by atoms with Crippen molar-refractivity contribution in [2.45, 2.75) is 32.0 Å². The van der Waals surface area contributed by atoms with Crippen LogP contribution in [0.4, 0.5) is 13.2 Å². The fraction of sp³-hybridized carbons (Fsp3) is 0.250. The summed E-state index contributed by atoms with van der Waals surface area (Å²) in [5.41, 5.74) is 1.45. The molecule has 0 amide bonds. The second-order valence-corrected chi connectivity index (χ2v) is 9.64. The molecule has 0 saturated carbocycles. The van der Waals surface area contributed by atoms with Crippen LogP contribution in [0.1, 0.15) is 47.1 Å². The van der Waals surface area contributed by atoms with Gasteiger partial charge in [0.1, 0.15) is 17.3 Å². The van der Waals surface area contributed by atoms with Gasteiger partial charge in [-0.2, -0.15) is 0 Å². The molecule has 1 aliphatic heterocycles. The summed E-state index contributed by atoms with van der Waals surface area (Å²) in [5, 5.41) is 10.3. The quantitative estimate of drug-likeness (QED) is 0.344. The summed E-state index contributed by atoms with van der Waals surface area (Å²) >= 11 is 0. The molecular weight excluding hydrogens is 453 g/mol. The Morgan fingerprint density at radius 2 is 1.77 bits per heavy atom. The first-order chi connectivity index (χ1) is 16.6. The number of hydrogen-bond acceptors (Lipinski definition) is 2. The maximum Gasteiger partial charge on any atom is 0.335 e. The minimum Gasteiger partial charge on any atom is -0.478 e. The largest absolute Gasteiger partial charge is 0.478 e. The van der Waals surface area contributed by atoms with Gasteiger partial charge in [-0.15, -0.1) is 0 Å². The lowest BCUT2D eigenvalue weighted by Gasteiger charge is -2.38. The summed E-state index contributed by atoms with van der Waals surface area (Å²) in [6.07, 6.45) is 0.634. The average molecular weight is 479 g/mol. The van der Waals surface area contributed by atoms with Gasteiger partial charge < -0.3 is 10.1 Å². The van der Waals surface area contributed by atoms with Crippen molar-refractivity contribution in [3.05, 3.63) is 94.7 Å². The smallest absolute Gasteiger partial charge is 0.335 e. The van der Waals surface area contributed by atoms with E-state index in [9.17, 15) is 14.3 Å². The Kier molecular flexibility index (Phi) is 5.68. The number of hydrogen-bond donors (Lipinski definition) is 2. The van der Waals surface area contributed by atoms with E-state index in [0.717, 1.165) is 16.5 Å². The Balaban J connectivity index is 1.66. The molecule has 2 heterocycles. The normalized spacial score (nSPS) is 16.4. The highest BCUT2D eigenvalue weighted by molar-refractivity contribution is 5.89. The molecule has 0 fully saturated rings. The molecule has 2 N–H and O–H groups in total. The van der Waals surface area contributed by atoms with Gasteiger partial charge >= 0.3 is 5.97 Å². The van der Waals surface area contributed by atoms with Crippen LogP contribution in [-0.4, -0.2) is 39.7 Å². The van der Waals surface area contributed by atoms with Gasteiger partial charge in [0.25, 0.3) is 0 Å². The van der Waals surface area contributed by atoms with Gasteiger partial charge in [-0.3, -0.25) is 4.90 Å². The highest BCUT2D eigenvalue weighted by Crippen LogP contribution is 2.42. The molecule has 35 heavy (non-hydrogen) atoms. The van der Waals surface area contributed by atoms with Gasteiger partial charge in [-0.05, 0) is 67.3 Å². The predicted octanol–water partition coefficient (Wildman–Crippen LogP) is 6.51. The van der Waals surface area contributed by atoms with Crippen LogP contribution in [0.25, 0.3) is 22.0 Å². The van der Waals surface area contributed by atoms with E-state index in [2.05, 4.69) is 4.98 Å². The number of rotatable bonds is 5. The third-order valence-electron chi connectivity index (χ3n) is 6.51. The zero-order valence-corrected chi connectivity index (χ0v) is 19.4. The van der Waals surface area contributed by atoms with Crippen molar-refractivity contribution in [3.8, 4) is 11.1 Å². The van der Waals surface area contributed by atoms with Crippen LogP contribution in [0.2, 0.25) is 0 Å². The van der Waals surface area contributed by atoms with Crippen molar-refractivity contribution in [3.63, 3.8) is 0 Å². The number of aromatic nitrogens is 1. The molecule has 1 aliphatic rings. The Hall–Kier alpha value is -3.58. The van der Waals surface area contributed by atoms with Gasteiger partial charge in [0.2, 0.25) is 0 Å². The number of nitrogens with zero attached hydrogens (tertiary/aromatic N) is 1. The molecule has 0 aliphatic carbocycles. The third-order valence-corrected chi connectivity index (χ3v) is 6.51. The molecule has 180 valence electrons. The van der Waals surface area contributed by atoms with E-state index in [1.807, 2.05) is 24.3 Å². The number of H-pyrrole nitrogens is 1. The Morgan fingerprint density at radius 1 is 1.06 bits per heavy atom. The minimum absolute atomic E-state index is 0.00770. The lowest BCUT2D eigenvalue weighted by molar-refractivity contribution is 0.0697. The van der Waals surface area contributed by atoms with Gasteiger partial charge in [-0.25, -0.2) is 18.0 Å². The van der Waals surface area contributed by atoms with Gasteiger partial charge in [0, 0.05) is 35.2 Å². The average Bonchev–Trinajstić information content (AvgIpc) is 3.17. The molecule has 4 aromatic rings. The second kappa shape index (κ2) is 8.57. The fourth-order valence-corrected chi connectivity index (χ4v) is 5.11. The second-order valence-electron chi connectivity index (χ2n) is 9.64. The lowest BCUT2D eigenvalue weighted by atomic mass is 9.89. The molecule has 5 rings (SSSR count). The Bertz CT molecular complexity index is 1410. The lowest BCUT2D eigenvalue weighted by Crippen LogP contribution is -2.43. The fourth-order valence-electron chi connectivity index (χ4n) is 5.11. The number of fused-ring (bicyclic) bond motifs is 3. The number of alkyl halides is 1. The minimum atomic E-state index is -1.56. The summed E-state index contributed by atoms with van der Waals surface area (Å²) in [6, 6.07) is 15.2. The summed E-state index contributed by atoms with van der Waals surface area (Å²) in [5.74, 6) is -2.65. The Labute approximate surface area is 201 Å². The van der Waals surface area contributed by atoms with Crippen LogP contribution < -0.4 is 0 Å². The number of para-hydroxylation sites is 1.